The molecule has 5 heteroatoms. The first-order chi connectivity index (χ1) is 12.2. The molecule has 1 unspecified atom stereocenters. The van der Waals surface area contributed by atoms with Crippen LogP contribution in [0.2, 0.25) is 5.02 Å². The van der Waals surface area contributed by atoms with Gasteiger partial charge in [0.05, 0.1) is 6.04 Å². The Hall–Kier alpha value is -2.20. The highest BCUT2D eigenvalue weighted by Crippen LogP contribution is 2.35. The van der Waals surface area contributed by atoms with Crippen LogP contribution in [0.25, 0.3) is 0 Å². The summed E-state index contributed by atoms with van der Waals surface area (Å²) in [4.78, 5) is 21.3. The molecule has 1 aromatic carbocycles. The lowest BCUT2D eigenvalue weighted by atomic mass is 9.91. The van der Waals surface area contributed by atoms with Crippen molar-refractivity contribution in [3.8, 4) is 0 Å². The lowest BCUT2D eigenvalue weighted by Gasteiger charge is -2.24. The van der Waals surface area contributed by atoms with E-state index in [4.69, 9.17) is 16.6 Å². The molecule has 1 N–H and O–H groups in total. The van der Waals surface area contributed by atoms with E-state index in [0.717, 1.165) is 53.1 Å². The van der Waals surface area contributed by atoms with Crippen LogP contribution in [0, 0.1) is 5.92 Å². The summed E-state index contributed by atoms with van der Waals surface area (Å²) in [6, 6.07) is 9.84. The van der Waals surface area contributed by atoms with E-state index in [1.165, 1.54) is 0 Å². The van der Waals surface area contributed by atoms with E-state index in [2.05, 4.69) is 17.2 Å². The summed E-state index contributed by atoms with van der Waals surface area (Å²) in [5.74, 6) is 0.863. The van der Waals surface area contributed by atoms with E-state index in [1.54, 1.807) is 0 Å². The van der Waals surface area contributed by atoms with Gasteiger partial charge in [-0.3, -0.25) is 9.79 Å². The Bertz CT molecular complexity index is 858. The quantitative estimate of drug-likeness (QED) is 0.874. The predicted octanol–water partition coefficient (Wildman–Crippen LogP) is 4.58. The van der Waals surface area contributed by atoms with Gasteiger partial charge in [0, 0.05) is 34.8 Å². The van der Waals surface area contributed by atoms with Crippen molar-refractivity contribution in [1.82, 2.24) is 4.98 Å². The van der Waals surface area contributed by atoms with E-state index in [9.17, 15) is 4.79 Å². The number of nitrogens with one attached hydrogen (secondary N) is 1. The summed E-state index contributed by atoms with van der Waals surface area (Å²) in [5.41, 5.74) is 4.33. The molecule has 1 amide bonds. The molecule has 2 heterocycles. The summed E-state index contributed by atoms with van der Waals surface area (Å²) >= 11 is 6.36. The molecule has 128 valence electrons. The first-order valence-corrected chi connectivity index (χ1v) is 9.14. The van der Waals surface area contributed by atoms with E-state index in [0.29, 0.717) is 5.82 Å². The fourth-order valence-corrected chi connectivity index (χ4v) is 3.54. The number of nitrogens with zero attached hydrogens (tertiary/aromatic N) is 2. The third kappa shape index (κ3) is 3.31. The van der Waals surface area contributed by atoms with E-state index >= 15 is 0 Å². The molecular weight excluding hydrogens is 334 g/mol. The van der Waals surface area contributed by atoms with Gasteiger partial charge >= 0.3 is 0 Å². The Kier molecular flexibility index (Phi) is 4.30. The zero-order valence-electron chi connectivity index (χ0n) is 14.1. The maximum Gasteiger partial charge on any atom is 0.228 e. The Morgan fingerprint density at radius 2 is 2.12 bits per heavy atom. The number of amides is 1. The van der Waals surface area contributed by atoms with Crippen molar-refractivity contribution in [1.29, 1.82) is 0 Å². The highest BCUT2D eigenvalue weighted by Gasteiger charge is 2.30. The number of pyridine rings is 1. The summed E-state index contributed by atoms with van der Waals surface area (Å²) in [5, 5.41) is 3.67. The van der Waals surface area contributed by atoms with Crippen LogP contribution >= 0.6 is 11.6 Å². The van der Waals surface area contributed by atoms with Gasteiger partial charge in [-0.25, -0.2) is 4.98 Å². The molecule has 0 bridgehead atoms. The smallest absolute Gasteiger partial charge is 0.228 e. The second-order valence-corrected chi connectivity index (χ2v) is 7.07. The second-order valence-electron chi connectivity index (χ2n) is 6.66. The van der Waals surface area contributed by atoms with Crippen LogP contribution in [0.4, 0.5) is 5.82 Å². The molecule has 0 saturated heterocycles. The number of carbonyl (C=O) groups is 1. The zero-order chi connectivity index (χ0) is 17.4. The number of hydrogen-bond acceptors (Lipinski definition) is 3. The molecule has 2 aliphatic rings. The summed E-state index contributed by atoms with van der Waals surface area (Å²) < 4.78 is 0. The third-order valence-electron chi connectivity index (χ3n) is 4.82. The number of hydrogen-bond donors (Lipinski definition) is 1. The number of anilines is 1. The Morgan fingerprint density at radius 3 is 2.84 bits per heavy atom. The van der Waals surface area contributed by atoms with Gasteiger partial charge in [-0.15, -0.1) is 0 Å². The van der Waals surface area contributed by atoms with Crippen LogP contribution in [0.15, 0.2) is 41.5 Å². The van der Waals surface area contributed by atoms with Crippen molar-refractivity contribution in [2.45, 2.75) is 38.6 Å². The average Bonchev–Trinajstić information content (AvgIpc) is 3.46. The fraction of sp³-hybridized carbons (Fsp3) is 0.350. The zero-order valence-corrected chi connectivity index (χ0v) is 14.9. The SMILES string of the molecule is CCC1=NC(c2ccccc2Cl)Cc2cnc(NC(=O)C3CC3)cc21. The lowest BCUT2D eigenvalue weighted by molar-refractivity contribution is -0.117. The summed E-state index contributed by atoms with van der Waals surface area (Å²) in [6.45, 7) is 2.10. The van der Waals surface area contributed by atoms with Crippen molar-refractivity contribution in [2.75, 3.05) is 5.32 Å². The predicted molar refractivity (Wildman–Crippen MR) is 100 cm³/mol. The number of aliphatic imine (C=N–C) groups is 1. The molecule has 1 fully saturated rings. The Balaban J connectivity index is 1.64. The molecule has 1 aliphatic heterocycles. The van der Waals surface area contributed by atoms with Crippen LogP contribution in [0.5, 0.6) is 0 Å². The van der Waals surface area contributed by atoms with Crippen molar-refractivity contribution in [3.63, 3.8) is 0 Å². The maximum absolute atomic E-state index is 12.0. The number of rotatable bonds is 4. The molecule has 4 rings (SSSR count). The monoisotopic (exact) mass is 353 g/mol. The molecule has 1 saturated carbocycles. The first kappa shape index (κ1) is 16.3. The van der Waals surface area contributed by atoms with Gasteiger partial charge in [0.15, 0.2) is 0 Å². The van der Waals surface area contributed by atoms with Crippen molar-refractivity contribution < 1.29 is 4.79 Å². The summed E-state index contributed by atoms with van der Waals surface area (Å²) in [6.07, 6.45) is 5.43. The van der Waals surface area contributed by atoms with Gasteiger partial charge in [-0.05, 0) is 42.5 Å². The van der Waals surface area contributed by atoms with Gasteiger partial charge < -0.3 is 5.32 Å². The molecular formula is C20H20ClN3O. The molecule has 1 aromatic heterocycles. The van der Waals surface area contributed by atoms with E-state index in [1.807, 2.05) is 36.5 Å². The number of halogens is 1. The van der Waals surface area contributed by atoms with Gasteiger partial charge in [0.1, 0.15) is 5.82 Å². The van der Waals surface area contributed by atoms with Crippen LogP contribution in [0.3, 0.4) is 0 Å². The van der Waals surface area contributed by atoms with Crippen LogP contribution in [0.1, 0.15) is 48.9 Å². The minimum absolute atomic E-state index is 0.0184. The molecule has 4 nitrogen and oxygen atoms in total. The van der Waals surface area contributed by atoms with Crippen molar-refractivity contribution >= 4 is 29.0 Å². The minimum Gasteiger partial charge on any atom is -0.310 e. The van der Waals surface area contributed by atoms with Gasteiger partial charge in [-0.1, -0.05) is 36.7 Å². The standard InChI is InChI=1S/C20H20ClN3O/c1-2-17-15-10-19(24-20(25)12-7-8-12)22-11-13(15)9-18(23-17)14-5-3-4-6-16(14)21/h3-6,10-12,18H,2,7-9H2,1H3,(H,22,24,25). The van der Waals surface area contributed by atoms with Crippen LogP contribution in [-0.2, 0) is 11.2 Å². The van der Waals surface area contributed by atoms with Gasteiger partial charge in [0.25, 0.3) is 0 Å². The van der Waals surface area contributed by atoms with Crippen molar-refractivity contribution in [2.24, 2.45) is 10.9 Å². The third-order valence-corrected chi connectivity index (χ3v) is 5.17. The molecule has 1 atom stereocenters. The second kappa shape index (κ2) is 6.60. The molecule has 0 radical (unpaired) electrons. The average molecular weight is 354 g/mol. The van der Waals surface area contributed by atoms with Gasteiger partial charge in [-0.2, -0.15) is 0 Å². The first-order valence-electron chi connectivity index (χ1n) is 8.77. The lowest BCUT2D eigenvalue weighted by Crippen LogP contribution is -2.19. The fourth-order valence-electron chi connectivity index (χ4n) is 3.28. The number of aromatic nitrogens is 1. The Morgan fingerprint density at radius 1 is 1.32 bits per heavy atom. The highest BCUT2D eigenvalue weighted by atomic mass is 35.5. The molecule has 25 heavy (non-hydrogen) atoms. The van der Waals surface area contributed by atoms with E-state index < -0.39 is 0 Å². The van der Waals surface area contributed by atoms with E-state index in [-0.39, 0.29) is 17.9 Å². The summed E-state index contributed by atoms with van der Waals surface area (Å²) in [7, 11) is 0. The highest BCUT2D eigenvalue weighted by molar-refractivity contribution is 6.31. The molecule has 2 aromatic rings. The normalized spacial score (nSPS) is 19.1. The molecule has 1 aliphatic carbocycles. The largest absolute Gasteiger partial charge is 0.310 e. The number of fused-ring (bicyclic) bond motifs is 1. The minimum atomic E-state index is 0.0184. The Labute approximate surface area is 152 Å². The van der Waals surface area contributed by atoms with Gasteiger partial charge in [0.2, 0.25) is 5.91 Å². The maximum atomic E-state index is 12.0. The van der Waals surface area contributed by atoms with Crippen LogP contribution in [-0.4, -0.2) is 16.6 Å². The topological polar surface area (TPSA) is 54.4 Å². The molecule has 0 spiro atoms. The van der Waals surface area contributed by atoms with Crippen molar-refractivity contribution in [3.05, 3.63) is 58.2 Å². The van der Waals surface area contributed by atoms with Crippen LogP contribution < -0.4 is 5.32 Å². The number of carbonyl (C=O) groups excluding carboxylic acids is 1. The number of benzene rings is 1.